The Morgan fingerprint density at radius 3 is 2.04 bits per heavy atom. The van der Waals surface area contributed by atoms with Crippen molar-refractivity contribution in [2.75, 3.05) is 0 Å². The summed E-state index contributed by atoms with van der Waals surface area (Å²) in [5.41, 5.74) is 2.30. The smallest absolute Gasteiger partial charge is 0.340 e. The SMILES string of the molecule is CCCCCCCCCCCCCC(Br)(Br)CCCCc1cc(O)cc2c1C1(OC(=O)c3ccccc31)c1ccc(O)cc1O2. The molecule has 2 aliphatic heterocycles. The van der Waals surface area contributed by atoms with E-state index in [1.165, 1.54) is 76.7 Å². The maximum atomic E-state index is 13.2. The number of unbranched alkanes of at least 4 members (excludes halogenated alkanes) is 11. The number of phenols is 2. The number of aryl methyl sites for hydroxylation is 1. The molecule has 0 aliphatic carbocycles. The summed E-state index contributed by atoms with van der Waals surface area (Å²) in [6.07, 6.45) is 19.4. The monoisotopic (exact) mass is 740 g/mol. The summed E-state index contributed by atoms with van der Waals surface area (Å²) in [5.74, 6) is 0.564. The largest absolute Gasteiger partial charge is 0.508 e. The van der Waals surface area contributed by atoms with Gasteiger partial charge in [-0.2, -0.15) is 0 Å². The van der Waals surface area contributed by atoms with Crippen molar-refractivity contribution < 1.29 is 24.5 Å². The van der Waals surface area contributed by atoms with Gasteiger partial charge in [-0.3, -0.25) is 0 Å². The molecule has 0 saturated heterocycles. The maximum absolute atomic E-state index is 13.2. The molecule has 0 radical (unpaired) electrons. The van der Waals surface area contributed by atoms with Gasteiger partial charge in [-0.15, -0.1) is 0 Å². The van der Waals surface area contributed by atoms with Crippen LogP contribution in [0.15, 0.2) is 54.6 Å². The first kappa shape index (κ1) is 33.8. The van der Waals surface area contributed by atoms with E-state index in [1.807, 2.05) is 18.2 Å². The van der Waals surface area contributed by atoms with Gasteiger partial charge in [0, 0.05) is 23.3 Å². The normalized spacial score (nSPS) is 16.6. The van der Waals surface area contributed by atoms with E-state index in [4.69, 9.17) is 9.47 Å². The fourth-order valence-corrected chi connectivity index (χ4v) is 8.07. The minimum Gasteiger partial charge on any atom is -0.508 e. The number of esters is 1. The van der Waals surface area contributed by atoms with Crippen LogP contribution in [0.3, 0.4) is 0 Å². The van der Waals surface area contributed by atoms with Crippen LogP contribution in [-0.2, 0) is 16.8 Å². The van der Waals surface area contributed by atoms with Crippen LogP contribution in [0.2, 0.25) is 0 Å². The summed E-state index contributed by atoms with van der Waals surface area (Å²) in [4.78, 5) is 13.2. The Morgan fingerprint density at radius 1 is 0.711 bits per heavy atom. The second-order valence-corrected chi connectivity index (χ2v) is 16.8. The van der Waals surface area contributed by atoms with E-state index in [0.717, 1.165) is 42.4 Å². The zero-order chi connectivity index (χ0) is 31.9. The van der Waals surface area contributed by atoms with Crippen LogP contribution in [0.5, 0.6) is 23.0 Å². The minimum absolute atomic E-state index is 0.0477. The fourth-order valence-electron chi connectivity index (χ4n) is 6.95. The Labute approximate surface area is 285 Å². The van der Waals surface area contributed by atoms with Gasteiger partial charge in [0.05, 0.1) is 14.4 Å². The average Bonchev–Trinajstić information content (AvgIpc) is 3.29. The Morgan fingerprint density at radius 2 is 1.33 bits per heavy atom. The number of benzene rings is 3. The van der Waals surface area contributed by atoms with Gasteiger partial charge in [-0.25, -0.2) is 4.79 Å². The van der Waals surface area contributed by atoms with Gasteiger partial charge in [0.25, 0.3) is 0 Å². The minimum atomic E-state index is -1.23. The predicted octanol–water partition coefficient (Wildman–Crippen LogP) is 11.6. The van der Waals surface area contributed by atoms with E-state index < -0.39 is 11.6 Å². The lowest BCUT2D eigenvalue weighted by atomic mass is 9.75. The fraction of sp³-hybridized carbons (Fsp3) is 0.500. The van der Waals surface area contributed by atoms with Crippen molar-refractivity contribution in [3.05, 3.63) is 82.4 Å². The molecule has 45 heavy (non-hydrogen) atoms. The number of alkyl halides is 2. The van der Waals surface area contributed by atoms with Crippen LogP contribution >= 0.6 is 31.9 Å². The van der Waals surface area contributed by atoms with Gasteiger partial charge in [-0.1, -0.05) is 134 Å². The summed E-state index contributed by atoms with van der Waals surface area (Å²) >= 11 is 7.88. The van der Waals surface area contributed by atoms with E-state index >= 15 is 0 Å². The molecule has 0 amide bonds. The molecular formula is C38H46Br2O5. The number of halogens is 2. The molecule has 7 heteroatoms. The molecule has 0 saturated carbocycles. The van der Waals surface area contributed by atoms with Gasteiger partial charge in [-0.05, 0) is 55.5 Å². The Balaban J connectivity index is 1.20. The van der Waals surface area contributed by atoms with E-state index in [1.54, 1.807) is 30.3 Å². The number of hydrogen-bond acceptors (Lipinski definition) is 5. The first-order chi connectivity index (χ1) is 21.7. The van der Waals surface area contributed by atoms with Gasteiger partial charge in [0.15, 0.2) is 5.60 Å². The molecule has 0 aromatic heterocycles. The van der Waals surface area contributed by atoms with Crippen LogP contribution in [0.25, 0.3) is 0 Å². The Kier molecular flexibility index (Phi) is 11.6. The van der Waals surface area contributed by atoms with Gasteiger partial charge in [0.1, 0.15) is 23.0 Å². The number of aromatic hydroxyl groups is 2. The van der Waals surface area contributed by atoms with Crippen molar-refractivity contribution in [2.24, 2.45) is 0 Å². The van der Waals surface area contributed by atoms with Gasteiger partial charge >= 0.3 is 5.97 Å². The zero-order valence-electron chi connectivity index (χ0n) is 26.4. The summed E-state index contributed by atoms with van der Waals surface area (Å²) in [6, 6.07) is 15.6. The lowest BCUT2D eigenvalue weighted by molar-refractivity contribution is 0.0221. The molecule has 2 heterocycles. The molecule has 3 aromatic rings. The third-order valence-electron chi connectivity index (χ3n) is 9.24. The third kappa shape index (κ3) is 7.90. The number of ether oxygens (including phenoxy) is 2. The molecule has 3 aromatic carbocycles. The van der Waals surface area contributed by atoms with Crippen molar-refractivity contribution in [3.63, 3.8) is 0 Å². The molecule has 5 rings (SSSR count). The molecule has 2 N–H and O–H groups in total. The van der Waals surface area contributed by atoms with Crippen LogP contribution < -0.4 is 4.74 Å². The summed E-state index contributed by atoms with van der Waals surface area (Å²) < 4.78 is 12.5. The number of hydrogen-bond donors (Lipinski definition) is 2. The topological polar surface area (TPSA) is 76.0 Å². The highest BCUT2D eigenvalue weighted by atomic mass is 79.9. The molecule has 0 bridgehead atoms. The van der Waals surface area contributed by atoms with Crippen LogP contribution in [0.1, 0.15) is 136 Å². The molecule has 2 aliphatic rings. The summed E-state index contributed by atoms with van der Waals surface area (Å²) in [5, 5.41) is 20.9. The van der Waals surface area contributed by atoms with Crippen molar-refractivity contribution in [2.45, 2.75) is 118 Å². The predicted molar refractivity (Wildman–Crippen MR) is 187 cm³/mol. The summed E-state index contributed by atoms with van der Waals surface area (Å²) in [7, 11) is 0. The van der Waals surface area contributed by atoms with E-state index in [9.17, 15) is 15.0 Å². The standard InChI is InChI=1S/C38H46Br2O5/c1-2-3-4-5-6-7-8-9-10-11-15-22-37(39,40)23-16-14-17-27-24-29(42)26-34-35(27)38(32-21-20-28(41)25-33(32)44-34)31-19-13-12-18-30(31)36(43)45-38/h12-13,18-21,24-26,41-42H,2-11,14-17,22-23H2,1H3. The zero-order valence-corrected chi connectivity index (χ0v) is 29.6. The second kappa shape index (κ2) is 15.4. The Bertz CT molecular complexity index is 1470. The van der Waals surface area contributed by atoms with Gasteiger partial charge < -0.3 is 19.7 Å². The molecule has 1 unspecified atom stereocenters. The lowest BCUT2D eigenvalue weighted by Gasteiger charge is -2.38. The Hall–Kier alpha value is -2.51. The summed E-state index contributed by atoms with van der Waals surface area (Å²) in [6.45, 7) is 2.27. The first-order valence-corrected chi connectivity index (χ1v) is 18.4. The van der Waals surface area contributed by atoms with Crippen molar-refractivity contribution in [3.8, 4) is 23.0 Å². The molecule has 0 fully saturated rings. The second-order valence-electron chi connectivity index (χ2n) is 12.7. The van der Waals surface area contributed by atoms with Crippen LogP contribution in [0, 0.1) is 0 Å². The van der Waals surface area contributed by atoms with E-state index in [2.05, 4.69) is 38.8 Å². The number of fused-ring (bicyclic) bond motifs is 6. The average molecular weight is 743 g/mol. The lowest BCUT2D eigenvalue weighted by Crippen LogP contribution is -2.34. The highest BCUT2D eigenvalue weighted by Crippen LogP contribution is 2.58. The van der Waals surface area contributed by atoms with Crippen LogP contribution in [-0.4, -0.2) is 19.4 Å². The number of carbonyl (C=O) groups is 1. The number of carbonyl (C=O) groups excluding carboxylic acids is 1. The van der Waals surface area contributed by atoms with E-state index in [-0.39, 0.29) is 14.7 Å². The van der Waals surface area contributed by atoms with E-state index in [0.29, 0.717) is 29.0 Å². The first-order valence-electron chi connectivity index (χ1n) is 16.8. The number of rotatable bonds is 17. The van der Waals surface area contributed by atoms with Crippen LogP contribution in [0.4, 0.5) is 0 Å². The molecule has 5 nitrogen and oxygen atoms in total. The molecule has 1 atom stereocenters. The molecule has 242 valence electrons. The van der Waals surface area contributed by atoms with Gasteiger partial charge in [0.2, 0.25) is 0 Å². The quantitative estimate of drug-likeness (QED) is 0.0818. The number of phenolic OH excluding ortho intramolecular Hbond substituents is 2. The van der Waals surface area contributed by atoms with Crippen molar-refractivity contribution in [1.82, 2.24) is 0 Å². The molecular weight excluding hydrogens is 696 g/mol. The van der Waals surface area contributed by atoms with Crippen molar-refractivity contribution in [1.29, 1.82) is 0 Å². The highest BCUT2D eigenvalue weighted by Gasteiger charge is 2.54. The van der Waals surface area contributed by atoms with Crippen molar-refractivity contribution >= 4 is 37.8 Å². The molecule has 1 spiro atoms. The third-order valence-corrected chi connectivity index (χ3v) is 10.8. The highest BCUT2D eigenvalue weighted by molar-refractivity contribution is 9.25. The maximum Gasteiger partial charge on any atom is 0.340 e.